The molecular formula is C9H17N5O2. The number of nitrogens with one attached hydrogen (secondary N) is 2. The van der Waals surface area contributed by atoms with Crippen molar-refractivity contribution in [1.29, 1.82) is 0 Å². The second-order valence-electron chi connectivity index (χ2n) is 3.45. The zero-order chi connectivity index (χ0) is 12.0. The van der Waals surface area contributed by atoms with Gasteiger partial charge in [0.2, 0.25) is 11.8 Å². The number of carbonyl (C=O) groups excluding carboxylic acids is 1. The summed E-state index contributed by atoms with van der Waals surface area (Å²) >= 11 is 0. The van der Waals surface area contributed by atoms with Crippen LogP contribution in [0.1, 0.15) is 31.7 Å². The Morgan fingerprint density at radius 3 is 2.94 bits per heavy atom. The Bertz CT molecular complexity index is 338. The van der Waals surface area contributed by atoms with Crippen molar-refractivity contribution >= 4 is 11.9 Å². The summed E-state index contributed by atoms with van der Waals surface area (Å²) in [5.74, 6) is 0.219. The summed E-state index contributed by atoms with van der Waals surface area (Å²) in [4.78, 5) is 10.5. The lowest BCUT2D eigenvalue weighted by Crippen LogP contribution is -2.13. The van der Waals surface area contributed by atoms with Crippen molar-refractivity contribution in [3.05, 3.63) is 5.89 Å². The molecule has 0 aliphatic carbocycles. The van der Waals surface area contributed by atoms with Crippen molar-refractivity contribution in [3.8, 4) is 0 Å². The zero-order valence-corrected chi connectivity index (χ0v) is 9.49. The third-order valence-corrected chi connectivity index (χ3v) is 2.12. The highest BCUT2D eigenvalue weighted by molar-refractivity contribution is 5.73. The normalized spacial score (nSPS) is 12.4. The highest BCUT2D eigenvalue weighted by atomic mass is 16.4. The summed E-state index contributed by atoms with van der Waals surface area (Å²) in [6, 6.07) is 0.384. The van der Waals surface area contributed by atoms with Gasteiger partial charge in [-0.15, -0.1) is 5.10 Å². The van der Waals surface area contributed by atoms with Crippen LogP contribution in [0.25, 0.3) is 0 Å². The number of carbonyl (C=O) groups is 1. The molecule has 0 saturated carbocycles. The van der Waals surface area contributed by atoms with Gasteiger partial charge in [-0.2, -0.15) is 0 Å². The molecule has 90 valence electrons. The van der Waals surface area contributed by atoms with Gasteiger partial charge in [0.1, 0.15) is 0 Å². The van der Waals surface area contributed by atoms with Crippen LogP contribution in [0.3, 0.4) is 0 Å². The molecule has 1 rings (SSSR count). The molecule has 16 heavy (non-hydrogen) atoms. The van der Waals surface area contributed by atoms with E-state index in [0.717, 1.165) is 0 Å². The number of primary amides is 1. The van der Waals surface area contributed by atoms with Crippen LogP contribution in [0.15, 0.2) is 4.42 Å². The van der Waals surface area contributed by atoms with Crippen molar-refractivity contribution in [2.45, 2.75) is 25.8 Å². The predicted molar refractivity (Wildman–Crippen MR) is 58.7 cm³/mol. The number of hydrogen-bond acceptors (Lipinski definition) is 6. The first-order valence-electron chi connectivity index (χ1n) is 5.16. The monoisotopic (exact) mass is 227 g/mol. The Kier molecular flexibility index (Phi) is 4.71. The van der Waals surface area contributed by atoms with Gasteiger partial charge in [-0.05, 0) is 20.4 Å². The molecule has 0 aromatic carbocycles. The van der Waals surface area contributed by atoms with Gasteiger partial charge in [-0.3, -0.25) is 4.79 Å². The van der Waals surface area contributed by atoms with Crippen molar-refractivity contribution < 1.29 is 9.21 Å². The van der Waals surface area contributed by atoms with Crippen LogP contribution in [0.5, 0.6) is 0 Å². The molecule has 0 aliphatic heterocycles. The van der Waals surface area contributed by atoms with Gasteiger partial charge in [0.05, 0.1) is 6.04 Å². The standard InChI is InChI=1S/C9H17N5O2/c1-6(11-2)8-13-14-9(16-8)12-5-3-4-7(10)15/h6,11H,3-5H2,1-2H3,(H2,10,15)(H,12,14). The number of aromatic nitrogens is 2. The molecule has 1 unspecified atom stereocenters. The van der Waals surface area contributed by atoms with E-state index in [4.69, 9.17) is 10.2 Å². The van der Waals surface area contributed by atoms with E-state index >= 15 is 0 Å². The molecule has 1 aromatic rings. The van der Waals surface area contributed by atoms with E-state index in [0.29, 0.717) is 31.3 Å². The molecular weight excluding hydrogens is 210 g/mol. The van der Waals surface area contributed by atoms with Crippen molar-refractivity contribution in [2.24, 2.45) is 5.73 Å². The summed E-state index contributed by atoms with van der Waals surface area (Å²) < 4.78 is 5.33. The minimum Gasteiger partial charge on any atom is -0.406 e. The minimum absolute atomic E-state index is 0.0219. The van der Waals surface area contributed by atoms with Crippen LogP contribution in [-0.4, -0.2) is 29.7 Å². The van der Waals surface area contributed by atoms with Gasteiger partial charge in [-0.1, -0.05) is 5.10 Å². The number of nitrogens with zero attached hydrogens (tertiary/aromatic N) is 2. The topological polar surface area (TPSA) is 106 Å². The molecule has 1 atom stereocenters. The van der Waals surface area contributed by atoms with E-state index < -0.39 is 0 Å². The molecule has 7 heteroatoms. The van der Waals surface area contributed by atoms with Crippen LogP contribution >= 0.6 is 0 Å². The Labute approximate surface area is 93.8 Å². The van der Waals surface area contributed by atoms with Crippen LogP contribution in [-0.2, 0) is 4.79 Å². The minimum atomic E-state index is -0.308. The molecule has 0 fully saturated rings. The lowest BCUT2D eigenvalue weighted by atomic mass is 10.3. The molecule has 4 N–H and O–H groups in total. The van der Waals surface area contributed by atoms with Crippen molar-refractivity contribution in [3.63, 3.8) is 0 Å². The van der Waals surface area contributed by atoms with E-state index in [-0.39, 0.29) is 11.9 Å². The average molecular weight is 227 g/mol. The highest BCUT2D eigenvalue weighted by Gasteiger charge is 2.11. The summed E-state index contributed by atoms with van der Waals surface area (Å²) in [5, 5.41) is 13.6. The van der Waals surface area contributed by atoms with Gasteiger partial charge in [0.25, 0.3) is 0 Å². The molecule has 0 aliphatic rings. The fourth-order valence-corrected chi connectivity index (χ4v) is 1.06. The maximum Gasteiger partial charge on any atom is 0.315 e. The second kappa shape index (κ2) is 6.06. The number of nitrogens with two attached hydrogens (primary N) is 1. The SMILES string of the molecule is CNC(C)c1nnc(NCCCC(N)=O)o1. The summed E-state index contributed by atoms with van der Waals surface area (Å²) in [6.07, 6.45) is 0.996. The van der Waals surface area contributed by atoms with E-state index in [9.17, 15) is 4.79 Å². The first-order chi connectivity index (χ1) is 7.63. The quantitative estimate of drug-likeness (QED) is 0.567. The molecule has 0 bridgehead atoms. The average Bonchev–Trinajstić information content (AvgIpc) is 2.71. The highest BCUT2D eigenvalue weighted by Crippen LogP contribution is 2.12. The van der Waals surface area contributed by atoms with Gasteiger partial charge in [-0.25, -0.2) is 0 Å². The molecule has 0 spiro atoms. The molecule has 1 amide bonds. The molecule has 0 saturated heterocycles. The predicted octanol–water partition coefficient (Wildman–Crippen LogP) is 0.0274. The van der Waals surface area contributed by atoms with Crippen LogP contribution in [0.4, 0.5) is 6.01 Å². The number of anilines is 1. The van der Waals surface area contributed by atoms with Crippen molar-refractivity contribution in [1.82, 2.24) is 15.5 Å². The first-order valence-corrected chi connectivity index (χ1v) is 5.16. The van der Waals surface area contributed by atoms with Gasteiger partial charge in [0.15, 0.2) is 0 Å². The Morgan fingerprint density at radius 2 is 2.31 bits per heavy atom. The Morgan fingerprint density at radius 1 is 1.56 bits per heavy atom. The third-order valence-electron chi connectivity index (χ3n) is 2.12. The largest absolute Gasteiger partial charge is 0.406 e. The fourth-order valence-electron chi connectivity index (χ4n) is 1.06. The summed E-state index contributed by atoms with van der Waals surface area (Å²) in [5.41, 5.74) is 5.01. The van der Waals surface area contributed by atoms with Crippen molar-refractivity contribution in [2.75, 3.05) is 18.9 Å². The lowest BCUT2D eigenvalue weighted by molar-refractivity contribution is -0.118. The second-order valence-corrected chi connectivity index (χ2v) is 3.45. The van der Waals surface area contributed by atoms with Crippen LogP contribution in [0, 0.1) is 0 Å². The molecule has 1 aromatic heterocycles. The van der Waals surface area contributed by atoms with Crippen LogP contribution in [0.2, 0.25) is 0 Å². The van der Waals surface area contributed by atoms with E-state index in [1.165, 1.54) is 0 Å². The van der Waals surface area contributed by atoms with E-state index in [2.05, 4.69) is 20.8 Å². The van der Waals surface area contributed by atoms with E-state index in [1.54, 1.807) is 0 Å². The van der Waals surface area contributed by atoms with Gasteiger partial charge in [0, 0.05) is 13.0 Å². The smallest absolute Gasteiger partial charge is 0.315 e. The Balaban J connectivity index is 2.32. The number of hydrogen-bond donors (Lipinski definition) is 3. The van der Waals surface area contributed by atoms with E-state index in [1.807, 2.05) is 14.0 Å². The first kappa shape index (κ1) is 12.4. The fraction of sp³-hybridized carbons (Fsp3) is 0.667. The number of rotatable bonds is 7. The summed E-state index contributed by atoms with van der Waals surface area (Å²) in [7, 11) is 1.81. The van der Waals surface area contributed by atoms with Gasteiger partial charge < -0.3 is 20.8 Å². The number of amides is 1. The zero-order valence-electron chi connectivity index (χ0n) is 9.49. The molecule has 0 radical (unpaired) electrons. The molecule has 7 nitrogen and oxygen atoms in total. The van der Waals surface area contributed by atoms with Gasteiger partial charge >= 0.3 is 6.01 Å². The van der Waals surface area contributed by atoms with Crippen LogP contribution < -0.4 is 16.4 Å². The Hall–Kier alpha value is -1.63. The molecule has 1 heterocycles. The lowest BCUT2D eigenvalue weighted by Gasteiger charge is -2.02. The maximum absolute atomic E-state index is 10.5. The summed E-state index contributed by atoms with van der Waals surface area (Å²) in [6.45, 7) is 2.50. The third kappa shape index (κ3) is 3.85. The maximum atomic E-state index is 10.5.